The topological polar surface area (TPSA) is 112 Å². The molecular formula is C34H32F3N3O6S. The number of methoxy groups -OCH3 is 2. The Balaban J connectivity index is 1.68. The third kappa shape index (κ3) is 9.02. The first kappa shape index (κ1) is 34.8. The summed E-state index contributed by atoms with van der Waals surface area (Å²) in [7, 11) is 2.94. The van der Waals surface area contributed by atoms with Gasteiger partial charge in [0.25, 0.3) is 11.5 Å². The number of hydrogen-bond acceptors (Lipinski definition) is 8. The Bertz CT molecular complexity index is 1930. The summed E-state index contributed by atoms with van der Waals surface area (Å²) in [6.07, 6.45) is -2.40. The third-order valence-electron chi connectivity index (χ3n) is 6.82. The first-order valence-electron chi connectivity index (χ1n) is 14.4. The fourth-order valence-electron chi connectivity index (χ4n) is 4.48. The van der Waals surface area contributed by atoms with Crippen LogP contribution in [-0.2, 0) is 28.9 Å². The molecule has 0 spiro atoms. The van der Waals surface area contributed by atoms with Gasteiger partial charge in [-0.05, 0) is 79.1 Å². The van der Waals surface area contributed by atoms with Gasteiger partial charge >= 0.3 is 6.18 Å². The van der Waals surface area contributed by atoms with Gasteiger partial charge in [-0.2, -0.15) is 18.4 Å². The van der Waals surface area contributed by atoms with Crippen LogP contribution in [0.1, 0.15) is 30.0 Å². The number of halogens is 3. The maximum Gasteiger partial charge on any atom is 0.416 e. The highest BCUT2D eigenvalue weighted by Gasteiger charge is 2.30. The minimum absolute atomic E-state index is 0.130. The monoisotopic (exact) mass is 667 g/mol. The number of thiazole rings is 1. The van der Waals surface area contributed by atoms with E-state index in [0.29, 0.717) is 47.9 Å². The van der Waals surface area contributed by atoms with Crippen LogP contribution in [0.4, 0.5) is 18.9 Å². The zero-order valence-electron chi connectivity index (χ0n) is 25.8. The lowest BCUT2D eigenvalue weighted by atomic mass is 10.1. The van der Waals surface area contributed by atoms with Gasteiger partial charge in [-0.25, -0.2) is 0 Å². The summed E-state index contributed by atoms with van der Waals surface area (Å²) in [6.45, 7) is 2.83. The average Bonchev–Trinajstić information content (AvgIpc) is 3.36. The standard InChI is InChI=1S/C34H32F3N3O6S/c1-4-45-16-6-15-40-32(42)30(47-33(40)27(20-38)31(41)39-25-10-12-26(43-2)13-11-25)19-22-9-14-28(29(18-22)44-3)46-21-23-7-5-8-24(17-23)34(35,36)37/h5,7-14,17-19H,4,6,15-16,21H2,1-3H3,(H,39,41). The van der Waals surface area contributed by atoms with Gasteiger partial charge in [0, 0.05) is 25.4 Å². The van der Waals surface area contributed by atoms with Crippen LogP contribution >= 0.6 is 11.3 Å². The van der Waals surface area contributed by atoms with Crippen LogP contribution in [0, 0.1) is 11.3 Å². The number of aromatic nitrogens is 1. The quantitative estimate of drug-likeness (QED) is 0.198. The normalized spacial score (nSPS) is 12.3. The van der Waals surface area contributed by atoms with Gasteiger partial charge in [-0.1, -0.05) is 18.2 Å². The van der Waals surface area contributed by atoms with Gasteiger partial charge in [-0.3, -0.25) is 14.2 Å². The summed E-state index contributed by atoms with van der Waals surface area (Å²) in [5.41, 5.74) is -0.0656. The molecular weight excluding hydrogens is 635 g/mol. The molecule has 0 atom stereocenters. The van der Waals surface area contributed by atoms with Gasteiger partial charge < -0.3 is 24.3 Å². The summed E-state index contributed by atoms with van der Waals surface area (Å²) < 4.78 is 62.9. The highest BCUT2D eigenvalue weighted by molar-refractivity contribution is 7.07. The lowest BCUT2D eigenvalue weighted by Gasteiger charge is -2.13. The van der Waals surface area contributed by atoms with Crippen molar-refractivity contribution >= 4 is 34.6 Å². The Kier molecular flexibility index (Phi) is 11.8. The van der Waals surface area contributed by atoms with Crippen molar-refractivity contribution in [3.05, 3.63) is 103 Å². The number of nitrogens with zero attached hydrogens (tertiary/aromatic N) is 2. The summed E-state index contributed by atoms with van der Waals surface area (Å²) in [4.78, 5) is 26.8. The Morgan fingerprint density at radius 1 is 1.04 bits per heavy atom. The van der Waals surface area contributed by atoms with Crippen LogP contribution in [0.5, 0.6) is 17.2 Å². The second-order valence-electron chi connectivity index (χ2n) is 9.99. The SMILES string of the molecule is CCOCCCn1c(=C(C#N)C(=O)Nc2ccc(OC)cc2)sc(=Cc2ccc(OCc3cccc(C(F)(F)F)c3)c(OC)c2)c1=O. The predicted molar refractivity (Wildman–Crippen MR) is 172 cm³/mol. The van der Waals surface area contributed by atoms with E-state index in [9.17, 15) is 28.0 Å². The molecule has 1 N–H and O–H groups in total. The van der Waals surface area contributed by atoms with Crippen molar-refractivity contribution in [3.63, 3.8) is 0 Å². The van der Waals surface area contributed by atoms with Gasteiger partial charge in [0.05, 0.1) is 24.3 Å². The van der Waals surface area contributed by atoms with E-state index in [4.69, 9.17) is 18.9 Å². The number of carbonyl (C=O) groups is 1. The number of hydrogen-bond donors (Lipinski definition) is 1. The van der Waals surface area contributed by atoms with Gasteiger partial charge in [0.1, 0.15) is 23.1 Å². The van der Waals surface area contributed by atoms with Crippen molar-refractivity contribution in [2.45, 2.75) is 32.7 Å². The van der Waals surface area contributed by atoms with E-state index in [1.165, 1.54) is 30.9 Å². The molecule has 0 saturated heterocycles. The molecule has 1 heterocycles. The number of amides is 1. The molecule has 0 aliphatic rings. The predicted octanol–water partition coefficient (Wildman–Crippen LogP) is 5.09. The van der Waals surface area contributed by atoms with Crippen LogP contribution in [0.25, 0.3) is 11.6 Å². The van der Waals surface area contributed by atoms with Crippen LogP contribution < -0.4 is 34.3 Å². The molecule has 0 unspecified atom stereocenters. The van der Waals surface area contributed by atoms with Crippen LogP contribution in [0.3, 0.4) is 0 Å². The molecule has 4 aromatic rings. The molecule has 0 aliphatic heterocycles. The molecule has 1 aromatic heterocycles. The van der Waals surface area contributed by atoms with Crippen molar-refractivity contribution in [2.24, 2.45) is 0 Å². The van der Waals surface area contributed by atoms with Crippen molar-refractivity contribution in [1.29, 1.82) is 5.26 Å². The molecule has 0 saturated carbocycles. The zero-order chi connectivity index (χ0) is 34.0. The smallest absolute Gasteiger partial charge is 0.416 e. The molecule has 0 aliphatic carbocycles. The second-order valence-corrected chi connectivity index (χ2v) is 11.0. The first-order valence-corrected chi connectivity index (χ1v) is 15.3. The number of rotatable bonds is 13. The number of alkyl halides is 3. The van der Waals surface area contributed by atoms with Crippen molar-refractivity contribution in [2.75, 3.05) is 32.8 Å². The number of ether oxygens (including phenoxy) is 4. The van der Waals surface area contributed by atoms with E-state index in [-0.39, 0.29) is 33.7 Å². The summed E-state index contributed by atoms with van der Waals surface area (Å²) in [5.74, 6) is 0.509. The zero-order valence-corrected chi connectivity index (χ0v) is 26.7. The molecule has 13 heteroatoms. The largest absolute Gasteiger partial charge is 0.497 e. The molecule has 1 amide bonds. The lowest BCUT2D eigenvalue weighted by Crippen LogP contribution is -2.34. The number of nitriles is 1. The van der Waals surface area contributed by atoms with E-state index >= 15 is 0 Å². The molecule has 3 aromatic carbocycles. The molecule has 246 valence electrons. The van der Waals surface area contributed by atoms with Crippen molar-refractivity contribution < 1.29 is 36.9 Å². The maximum absolute atomic E-state index is 13.6. The Hall–Kier alpha value is -5.06. The van der Waals surface area contributed by atoms with E-state index in [1.54, 1.807) is 48.5 Å². The Labute approximate surface area is 272 Å². The number of carbonyl (C=O) groups excluding carboxylic acids is 1. The number of nitrogens with one attached hydrogen (secondary N) is 1. The number of benzene rings is 3. The fourth-order valence-corrected chi connectivity index (χ4v) is 5.61. The minimum atomic E-state index is -4.47. The molecule has 9 nitrogen and oxygen atoms in total. The summed E-state index contributed by atoms with van der Waals surface area (Å²) in [6, 6.07) is 18.3. The van der Waals surface area contributed by atoms with E-state index in [1.807, 2.05) is 13.0 Å². The van der Waals surface area contributed by atoms with Gasteiger partial charge in [-0.15, -0.1) is 11.3 Å². The molecule has 0 fully saturated rings. The van der Waals surface area contributed by atoms with Crippen molar-refractivity contribution in [3.8, 4) is 23.3 Å². The van der Waals surface area contributed by atoms with Crippen molar-refractivity contribution in [1.82, 2.24) is 4.57 Å². The molecule has 0 bridgehead atoms. The highest BCUT2D eigenvalue weighted by Crippen LogP contribution is 2.31. The highest BCUT2D eigenvalue weighted by atomic mass is 32.1. The van der Waals surface area contributed by atoms with E-state index in [0.717, 1.165) is 23.5 Å². The summed E-state index contributed by atoms with van der Waals surface area (Å²) in [5, 5.41) is 12.7. The third-order valence-corrected chi connectivity index (χ3v) is 7.95. The van der Waals surface area contributed by atoms with E-state index < -0.39 is 23.2 Å². The minimum Gasteiger partial charge on any atom is -0.497 e. The second kappa shape index (κ2) is 16.0. The van der Waals surface area contributed by atoms with Gasteiger partial charge in [0.2, 0.25) is 0 Å². The van der Waals surface area contributed by atoms with Crippen LogP contribution in [0.15, 0.2) is 71.5 Å². The lowest BCUT2D eigenvalue weighted by molar-refractivity contribution is -0.137. The van der Waals surface area contributed by atoms with Crippen LogP contribution in [0.2, 0.25) is 0 Å². The fraction of sp³-hybridized carbons (Fsp3) is 0.265. The molecule has 0 radical (unpaired) electrons. The van der Waals surface area contributed by atoms with Gasteiger partial charge in [0.15, 0.2) is 17.1 Å². The first-order chi connectivity index (χ1) is 22.6. The average molecular weight is 668 g/mol. The summed E-state index contributed by atoms with van der Waals surface area (Å²) >= 11 is 1.00. The molecule has 4 rings (SSSR count). The number of anilines is 1. The Morgan fingerprint density at radius 3 is 2.47 bits per heavy atom. The van der Waals surface area contributed by atoms with E-state index in [2.05, 4.69) is 5.32 Å². The van der Waals surface area contributed by atoms with Crippen LogP contribution in [-0.4, -0.2) is 37.9 Å². The molecule has 47 heavy (non-hydrogen) atoms. The maximum atomic E-state index is 13.6. The Morgan fingerprint density at radius 2 is 1.81 bits per heavy atom.